The number of H-pyrrole nitrogens is 2. The molecular formula is C11H6N8O. The molecule has 4 rings (SSSR count). The van der Waals surface area contributed by atoms with Crippen molar-refractivity contribution >= 4 is 28.1 Å². The fraction of sp³-hybridized carbons (Fsp3) is 0. The first-order valence-electron chi connectivity index (χ1n) is 5.68. The van der Waals surface area contributed by atoms with Crippen molar-refractivity contribution in [3.05, 3.63) is 36.7 Å². The van der Waals surface area contributed by atoms with E-state index in [4.69, 9.17) is 0 Å². The van der Waals surface area contributed by atoms with Gasteiger partial charge in [0.25, 0.3) is 5.78 Å². The fourth-order valence-electron chi connectivity index (χ4n) is 1.79. The molecular weight excluding hydrogens is 260 g/mol. The quantitative estimate of drug-likeness (QED) is 0.498. The predicted octanol–water partition coefficient (Wildman–Crippen LogP) is 0.250. The molecule has 4 aromatic heterocycles. The van der Waals surface area contributed by atoms with E-state index in [1.54, 1.807) is 0 Å². The van der Waals surface area contributed by atoms with Gasteiger partial charge in [-0.25, -0.2) is 29.9 Å². The van der Waals surface area contributed by atoms with E-state index in [1.165, 1.54) is 25.0 Å². The number of nitrogens with one attached hydrogen (secondary N) is 2. The maximum absolute atomic E-state index is 12.3. The molecule has 0 aliphatic rings. The van der Waals surface area contributed by atoms with Gasteiger partial charge in [0.2, 0.25) is 11.6 Å². The van der Waals surface area contributed by atoms with Crippen LogP contribution in [0.25, 0.3) is 22.3 Å². The summed E-state index contributed by atoms with van der Waals surface area (Å²) in [6.07, 6.45) is 5.96. The van der Waals surface area contributed by atoms with Gasteiger partial charge in [-0.2, -0.15) is 0 Å². The molecule has 9 heteroatoms. The summed E-state index contributed by atoms with van der Waals surface area (Å²) in [5.41, 5.74) is 2.16. The highest BCUT2D eigenvalue weighted by atomic mass is 16.1. The third kappa shape index (κ3) is 1.53. The molecule has 4 heterocycles. The molecule has 0 aromatic carbocycles. The number of rotatable bonds is 2. The highest BCUT2D eigenvalue weighted by Crippen LogP contribution is 2.09. The summed E-state index contributed by atoms with van der Waals surface area (Å²) >= 11 is 0. The Bertz CT molecular complexity index is 864. The number of aromatic amines is 2. The van der Waals surface area contributed by atoms with Gasteiger partial charge >= 0.3 is 0 Å². The second-order valence-corrected chi connectivity index (χ2v) is 4.00. The van der Waals surface area contributed by atoms with Gasteiger partial charge in [0.15, 0.2) is 11.3 Å². The van der Waals surface area contributed by atoms with Crippen LogP contribution in [0.5, 0.6) is 0 Å². The molecule has 0 bridgehead atoms. The van der Waals surface area contributed by atoms with Crippen LogP contribution in [0.15, 0.2) is 25.0 Å². The lowest BCUT2D eigenvalue weighted by molar-refractivity contribution is 0.102. The van der Waals surface area contributed by atoms with Crippen molar-refractivity contribution in [2.45, 2.75) is 0 Å². The molecule has 2 N–H and O–H groups in total. The highest BCUT2D eigenvalue weighted by molar-refractivity contribution is 6.04. The molecule has 0 amide bonds. The first kappa shape index (κ1) is 10.7. The minimum absolute atomic E-state index is 0.000476. The van der Waals surface area contributed by atoms with Crippen molar-refractivity contribution in [1.82, 2.24) is 39.9 Å². The van der Waals surface area contributed by atoms with Crippen molar-refractivity contribution in [2.75, 3.05) is 0 Å². The third-order valence-electron chi connectivity index (χ3n) is 2.76. The van der Waals surface area contributed by atoms with Gasteiger partial charge < -0.3 is 9.97 Å². The second-order valence-electron chi connectivity index (χ2n) is 4.00. The summed E-state index contributed by atoms with van der Waals surface area (Å²) in [7, 11) is 0. The Hall–Kier alpha value is -3.23. The van der Waals surface area contributed by atoms with Crippen LogP contribution in [-0.4, -0.2) is 45.7 Å². The Morgan fingerprint density at radius 1 is 0.800 bits per heavy atom. The first-order chi connectivity index (χ1) is 9.81. The molecule has 20 heavy (non-hydrogen) atoms. The standard InChI is InChI=1S/C11H6N8O/c20-7(10-12-1-5-8(18-10)16-3-14-5)11-13-2-6-9(19-11)17-4-15-6/h1-4H,(H,12,14,16,18)(H,13,15,17,19). The topological polar surface area (TPSA) is 126 Å². The SMILES string of the molecule is O=C(c1ncc2[nH]cnc2n1)c1ncc2[nH]cnc2n1. The summed E-state index contributed by atoms with van der Waals surface area (Å²) in [6, 6.07) is 0. The Kier molecular flexibility index (Phi) is 2.07. The number of aromatic nitrogens is 8. The van der Waals surface area contributed by atoms with E-state index in [-0.39, 0.29) is 11.6 Å². The number of fused-ring (bicyclic) bond motifs is 2. The fourth-order valence-corrected chi connectivity index (χ4v) is 1.79. The molecule has 0 fully saturated rings. The summed E-state index contributed by atoms with van der Waals surface area (Å²) in [6.45, 7) is 0. The number of ketones is 1. The summed E-state index contributed by atoms with van der Waals surface area (Å²) in [5.74, 6) is -0.473. The van der Waals surface area contributed by atoms with Crippen LogP contribution in [0.2, 0.25) is 0 Å². The average Bonchev–Trinajstić information content (AvgIpc) is 3.13. The number of hydrogen-bond donors (Lipinski definition) is 2. The van der Waals surface area contributed by atoms with Gasteiger partial charge in [-0.1, -0.05) is 0 Å². The Labute approximate surface area is 110 Å². The van der Waals surface area contributed by atoms with E-state index in [2.05, 4.69) is 39.9 Å². The molecule has 0 spiro atoms. The first-order valence-corrected chi connectivity index (χ1v) is 5.68. The smallest absolute Gasteiger partial charge is 0.267 e. The lowest BCUT2D eigenvalue weighted by Gasteiger charge is -1.98. The van der Waals surface area contributed by atoms with Gasteiger partial charge in [-0.05, 0) is 0 Å². The molecule has 9 nitrogen and oxygen atoms in total. The van der Waals surface area contributed by atoms with Crippen LogP contribution in [0, 0.1) is 0 Å². The Morgan fingerprint density at radius 2 is 1.30 bits per heavy atom. The molecule has 0 aliphatic heterocycles. The van der Waals surface area contributed by atoms with Gasteiger partial charge in [0, 0.05) is 0 Å². The monoisotopic (exact) mass is 266 g/mol. The molecule has 0 radical (unpaired) electrons. The zero-order valence-electron chi connectivity index (χ0n) is 9.90. The second kappa shape index (κ2) is 3.88. The lowest BCUT2D eigenvalue weighted by atomic mass is 10.3. The minimum atomic E-state index is -0.472. The zero-order valence-corrected chi connectivity index (χ0v) is 9.90. The van der Waals surface area contributed by atoms with E-state index >= 15 is 0 Å². The molecule has 0 aliphatic carbocycles. The Morgan fingerprint density at radius 3 is 1.80 bits per heavy atom. The van der Waals surface area contributed by atoms with Crippen molar-refractivity contribution in [1.29, 1.82) is 0 Å². The summed E-state index contributed by atoms with van der Waals surface area (Å²) < 4.78 is 0. The van der Waals surface area contributed by atoms with Gasteiger partial charge in [-0.3, -0.25) is 4.79 Å². The van der Waals surface area contributed by atoms with E-state index in [0.29, 0.717) is 22.3 Å². The van der Waals surface area contributed by atoms with E-state index in [9.17, 15) is 4.79 Å². The maximum atomic E-state index is 12.3. The van der Waals surface area contributed by atoms with Crippen molar-refractivity contribution in [3.63, 3.8) is 0 Å². The highest BCUT2D eigenvalue weighted by Gasteiger charge is 2.17. The number of nitrogens with zero attached hydrogens (tertiary/aromatic N) is 6. The van der Waals surface area contributed by atoms with Gasteiger partial charge in [0.1, 0.15) is 11.0 Å². The van der Waals surface area contributed by atoms with Crippen LogP contribution < -0.4 is 0 Å². The van der Waals surface area contributed by atoms with Gasteiger partial charge in [0.05, 0.1) is 25.0 Å². The van der Waals surface area contributed by atoms with Gasteiger partial charge in [-0.15, -0.1) is 0 Å². The number of carbonyl (C=O) groups excluding carboxylic acids is 1. The molecule has 0 saturated carbocycles. The van der Waals surface area contributed by atoms with Crippen LogP contribution >= 0.6 is 0 Å². The molecule has 0 saturated heterocycles. The van der Waals surface area contributed by atoms with Crippen LogP contribution in [0.4, 0.5) is 0 Å². The number of imidazole rings is 2. The zero-order chi connectivity index (χ0) is 13.5. The molecule has 96 valence electrons. The van der Waals surface area contributed by atoms with E-state index in [0.717, 1.165) is 0 Å². The van der Waals surface area contributed by atoms with Crippen LogP contribution in [-0.2, 0) is 0 Å². The largest absolute Gasteiger partial charge is 0.342 e. The maximum Gasteiger partial charge on any atom is 0.267 e. The van der Waals surface area contributed by atoms with Crippen molar-refractivity contribution in [2.24, 2.45) is 0 Å². The summed E-state index contributed by atoms with van der Waals surface area (Å²) in [5, 5.41) is 0. The molecule has 4 aromatic rings. The van der Waals surface area contributed by atoms with Crippen LogP contribution in [0.3, 0.4) is 0 Å². The number of carbonyl (C=O) groups is 1. The predicted molar refractivity (Wildman–Crippen MR) is 66.8 cm³/mol. The summed E-state index contributed by atoms with van der Waals surface area (Å²) in [4.78, 5) is 42.0. The van der Waals surface area contributed by atoms with E-state index in [1.807, 2.05) is 0 Å². The molecule has 0 unspecified atom stereocenters. The van der Waals surface area contributed by atoms with Crippen molar-refractivity contribution in [3.8, 4) is 0 Å². The van der Waals surface area contributed by atoms with Crippen molar-refractivity contribution < 1.29 is 4.79 Å². The third-order valence-corrected chi connectivity index (χ3v) is 2.76. The van der Waals surface area contributed by atoms with Crippen LogP contribution in [0.1, 0.15) is 16.4 Å². The lowest BCUT2D eigenvalue weighted by Crippen LogP contribution is -2.11. The Balaban J connectivity index is 1.81. The average molecular weight is 266 g/mol. The minimum Gasteiger partial charge on any atom is -0.342 e. The normalized spacial score (nSPS) is 11.2. The van der Waals surface area contributed by atoms with E-state index < -0.39 is 5.78 Å². The molecule has 0 atom stereocenters. The number of hydrogen-bond acceptors (Lipinski definition) is 7.